The molecular weight excluding hydrogens is 296 g/mol. The van der Waals surface area contributed by atoms with Crippen LogP contribution in [0.15, 0.2) is 24.7 Å². The van der Waals surface area contributed by atoms with Crippen molar-refractivity contribution >= 4 is 17.5 Å². The van der Waals surface area contributed by atoms with E-state index in [0.717, 1.165) is 0 Å². The van der Waals surface area contributed by atoms with Gasteiger partial charge in [0.2, 0.25) is 0 Å². The molecule has 1 saturated carbocycles. The van der Waals surface area contributed by atoms with Gasteiger partial charge < -0.3 is 10.1 Å². The number of carbonyl (C=O) groups excluding carboxylic acids is 2. The molecule has 2 aromatic rings. The van der Waals surface area contributed by atoms with E-state index in [1.54, 1.807) is 22.7 Å². The fraction of sp³-hybridized carbons (Fsp3) is 0.500. The third-order valence-electron chi connectivity index (χ3n) is 4.17. The Kier molecular flexibility index (Phi) is 4.85. The minimum absolute atomic E-state index is 0.255. The smallest absolute Gasteiger partial charge is 0.340 e. The maximum Gasteiger partial charge on any atom is 0.340 e. The van der Waals surface area contributed by atoms with Crippen molar-refractivity contribution < 1.29 is 14.3 Å². The molecule has 0 unspecified atom stereocenters. The molecule has 122 valence electrons. The van der Waals surface area contributed by atoms with Crippen LogP contribution in [0, 0.1) is 5.92 Å². The fourth-order valence-corrected chi connectivity index (χ4v) is 2.86. The Morgan fingerprint density at radius 3 is 2.91 bits per heavy atom. The molecule has 2 heterocycles. The Balaban J connectivity index is 1.45. The van der Waals surface area contributed by atoms with E-state index in [-0.39, 0.29) is 12.5 Å². The second kappa shape index (κ2) is 7.21. The number of amides is 1. The van der Waals surface area contributed by atoms with Gasteiger partial charge in [-0.15, -0.1) is 10.2 Å². The predicted molar refractivity (Wildman–Crippen MR) is 82.9 cm³/mol. The predicted octanol–water partition coefficient (Wildman–Crippen LogP) is 1.58. The van der Waals surface area contributed by atoms with Gasteiger partial charge in [0.15, 0.2) is 12.3 Å². The maximum atomic E-state index is 12.0. The molecule has 0 aromatic carbocycles. The van der Waals surface area contributed by atoms with E-state index in [2.05, 4.69) is 15.5 Å². The zero-order valence-corrected chi connectivity index (χ0v) is 12.9. The highest BCUT2D eigenvalue weighted by molar-refractivity contribution is 5.91. The monoisotopic (exact) mass is 316 g/mol. The molecule has 3 rings (SSSR count). The lowest BCUT2D eigenvalue weighted by Gasteiger charge is -2.21. The minimum atomic E-state index is -0.534. The van der Waals surface area contributed by atoms with E-state index >= 15 is 0 Å². The second-order valence-electron chi connectivity index (χ2n) is 5.90. The molecule has 0 atom stereocenters. The van der Waals surface area contributed by atoms with Gasteiger partial charge in [-0.05, 0) is 30.9 Å². The number of hydrogen-bond donors (Lipinski definition) is 1. The molecule has 0 spiro atoms. The fourth-order valence-electron chi connectivity index (χ4n) is 2.86. The lowest BCUT2D eigenvalue weighted by atomic mass is 9.89. The van der Waals surface area contributed by atoms with Crippen molar-refractivity contribution in [2.24, 2.45) is 5.92 Å². The van der Waals surface area contributed by atoms with Gasteiger partial charge in [0, 0.05) is 12.7 Å². The highest BCUT2D eigenvalue weighted by atomic mass is 16.5. The first-order valence-corrected chi connectivity index (χ1v) is 7.95. The number of pyridine rings is 1. The standard InChI is InChI=1S/C16H20N4O3/c21-15(17-8-12-4-2-1-3-5-12)10-23-16(22)13-6-7-14-19-18-11-20(14)9-13/h6-7,9,11-12H,1-5,8,10H2,(H,17,21). The Bertz CT molecular complexity index is 691. The van der Waals surface area contributed by atoms with Gasteiger partial charge in [-0.3, -0.25) is 9.20 Å². The quantitative estimate of drug-likeness (QED) is 0.847. The first-order chi connectivity index (χ1) is 11.2. The molecule has 1 fully saturated rings. The van der Waals surface area contributed by atoms with Crippen LogP contribution in [0.4, 0.5) is 0 Å². The van der Waals surface area contributed by atoms with Crippen LogP contribution in [0.25, 0.3) is 5.65 Å². The third kappa shape index (κ3) is 4.06. The first-order valence-electron chi connectivity index (χ1n) is 7.95. The largest absolute Gasteiger partial charge is 0.452 e. The lowest BCUT2D eigenvalue weighted by molar-refractivity contribution is -0.124. The first kappa shape index (κ1) is 15.5. The van der Waals surface area contributed by atoms with E-state index in [9.17, 15) is 9.59 Å². The van der Waals surface area contributed by atoms with Crippen molar-refractivity contribution in [1.29, 1.82) is 0 Å². The zero-order chi connectivity index (χ0) is 16.1. The van der Waals surface area contributed by atoms with Crippen molar-refractivity contribution in [3.8, 4) is 0 Å². The molecule has 1 N–H and O–H groups in total. The Labute approximate surface area is 134 Å². The highest BCUT2D eigenvalue weighted by Crippen LogP contribution is 2.22. The van der Waals surface area contributed by atoms with Crippen molar-refractivity contribution in [3.63, 3.8) is 0 Å². The highest BCUT2D eigenvalue weighted by Gasteiger charge is 2.15. The van der Waals surface area contributed by atoms with Gasteiger partial charge in [-0.2, -0.15) is 0 Å². The number of nitrogens with zero attached hydrogens (tertiary/aromatic N) is 3. The van der Waals surface area contributed by atoms with Crippen LogP contribution in [0.5, 0.6) is 0 Å². The number of hydrogen-bond acceptors (Lipinski definition) is 5. The van der Waals surface area contributed by atoms with Crippen LogP contribution in [-0.4, -0.2) is 39.6 Å². The molecule has 1 amide bonds. The van der Waals surface area contributed by atoms with E-state index in [4.69, 9.17) is 4.74 Å². The van der Waals surface area contributed by atoms with E-state index in [1.165, 1.54) is 38.4 Å². The van der Waals surface area contributed by atoms with E-state index < -0.39 is 5.97 Å². The zero-order valence-electron chi connectivity index (χ0n) is 12.9. The number of fused-ring (bicyclic) bond motifs is 1. The average Bonchev–Trinajstić information content (AvgIpc) is 3.06. The van der Waals surface area contributed by atoms with Crippen molar-refractivity contribution in [2.75, 3.05) is 13.2 Å². The van der Waals surface area contributed by atoms with Crippen molar-refractivity contribution in [1.82, 2.24) is 19.9 Å². The number of nitrogens with one attached hydrogen (secondary N) is 1. The van der Waals surface area contributed by atoms with Gasteiger partial charge in [-0.1, -0.05) is 19.3 Å². The number of aromatic nitrogens is 3. The van der Waals surface area contributed by atoms with Gasteiger partial charge in [-0.25, -0.2) is 4.79 Å². The molecule has 1 aliphatic rings. The number of carbonyl (C=O) groups is 2. The molecule has 7 nitrogen and oxygen atoms in total. The van der Waals surface area contributed by atoms with Crippen molar-refractivity contribution in [3.05, 3.63) is 30.2 Å². The molecule has 2 aromatic heterocycles. The normalized spacial score (nSPS) is 15.5. The van der Waals surface area contributed by atoms with Gasteiger partial charge in [0.05, 0.1) is 5.56 Å². The Morgan fingerprint density at radius 1 is 1.26 bits per heavy atom. The van der Waals surface area contributed by atoms with Gasteiger partial charge >= 0.3 is 5.97 Å². The summed E-state index contributed by atoms with van der Waals surface area (Å²) in [6.45, 7) is 0.412. The van der Waals surface area contributed by atoms with Crippen LogP contribution in [-0.2, 0) is 9.53 Å². The van der Waals surface area contributed by atoms with Crippen LogP contribution in [0.3, 0.4) is 0 Å². The summed E-state index contributed by atoms with van der Waals surface area (Å²) in [5.74, 6) is -0.234. The summed E-state index contributed by atoms with van der Waals surface area (Å²) in [4.78, 5) is 23.7. The second-order valence-corrected chi connectivity index (χ2v) is 5.90. The molecule has 1 aliphatic carbocycles. The summed E-state index contributed by atoms with van der Waals surface area (Å²) in [5, 5.41) is 10.4. The average molecular weight is 316 g/mol. The van der Waals surface area contributed by atoms with Gasteiger partial charge in [0.25, 0.3) is 5.91 Å². The number of ether oxygens (including phenoxy) is 1. The molecule has 0 radical (unpaired) electrons. The maximum absolute atomic E-state index is 12.0. The SMILES string of the molecule is O=C(COC(=O)c1ccc2nncn2c1)NCC1CCCCC1. The molecule has 7 heteroatoms. The van der Waals surface area contributed by atoms with Crippen LogP contribution >= 0.6 is 0 Å². The summed E-state index contributed by atoms with van der Waals surface area (Å²) in [6, 6.07) is 3.28. The topological polar surface area (TPSA) is 85.6 Å². The van der Waals surface area contributed by atoms with E-state index in [1.807, 2.05) is 0 Å². The summed E-state index contributed by atoms with van der Waals surface area (Å²) >= 11 is 0. The molecule has 0 saturated heterocycles. The summed E-state index contributed by atoms with van der Waals surface area (Å²) in [5.41, 5.74) is 1.00. The number of rotatable bonds is 5. The molecule has 0 bridgehead atoms. The number of esters is 1. The van der Waals surface area contributed by atoms with Crippen molar-refractivity contribution in [2.45, 2.75) is 32.1 Å². The summed E-state index contributed by atoms with van der Waals surface area (Å²) < 4.78 is 6.67. The Hall–Kier alpha value is -2.44. The molecule has 0 aliphatic heterocycles. The van der Waals surface area contributed by atoms with Gasteiger partial charge in [0.1, 0.15) is 6.33 Å². The summed E-state index contributed by atoms with van der Waals surface area (Å²) in [6.07, 6.45) is 9.18. The Morgan fingerprint density at radius 2 is 2.09 bits per heavy atom. The van der Waals surface area contributed by atoms with Crippen LogP contribution in [0.1, 0.15) is 42.5 Å². The lowest BCUT2D eigenvalue weighted by Crippen LogP contribution is -2.33. The third-order valence-corrected chi connectivity index (χ3v) is 4.17. The summed E-state index contributed by atoms with van der Waals surface area (Å²) in [7, 11) is 0. The van der Waals surface area contributed by atoms with E-state index in [0.29, 0.717) is 23.7 Å². The minimum Gasteiger partial charge on any atom is -0.452 e. The molecular formula is C16H20N4O3. The van der Waals surface area contributed by atoms with Crippen LogP contribution in [0.2, 0.25) is 0 Å². The molecule has 23 heavy (non-hydrogen) atoms. The van der Waals surface area contributed by atoms with Crippen LogP contribution < -0.4 is 5.32 Å².